The van der Waals surface area contributed by atoms with Gasteiger partial charge in [-0.05, 0) is 42.4 Å². The number of anilines is 1. The van der Waals surface area contributed by atoms with Crippen LogP contribution in [0.2, 0.25) is 0 Å². The van der Waals surface area contributed by atoms with Gasteiger partial charge in [0.15, 0.2) is 0 Å². The normalized spacial score (nSPS) is 25.9. The highest BCUT2D eigenvalue weighted by Crippen LogP contribution is 2.38. The van der Waals surface area contributed by atoms with Gasteiger partial charge in [0, 0.05) is 31.4 Å². The summed E-state index contributed by atoms with van der Waals surface area (Å²) in [7, 11) is 0. The highest BCUT2D eigenvalue weighted by molar-refractivity contribution is 5.45. The van der Waals surface area contributed by atoms with Gasteiger partial charge in [-0.2, -0.15) is 0 Å². The Balaban J connectivity index is 1.52. The van der Waals surface area contributed by atoms with Crippen molar-refractivity contribution < 1.29 is 4.74 Å². The molecular formula is C18H28N2O. The zero-order valence-corrected chi connectivity index (χ0v) is 13.4. The monoisotopic (exact) mass is 288 g/mol. The molecule has 1 aliphatic carbocycles. The van der Waals surface area contributed by atoms with Crippen LogP contribution < -0.4 is 5.32 Å². The summed E-state index contributed by atoms with van der Waals surface area (Å²) in [6, 6.07) is 9.64. The van der Waals surface area contributed by atoms with E-state index in [1.807, 2.05) is 0 Å². The molecule has 0 amide bonds. The van der Waals surface area contributed by atoms with Gasteiger partial charge in [0.1, 0.15) is 0 Å². The third-order valence-electron chi connectivity index (χ3n) is 4.80. The van der Waals surface area contributed by atoms with Gasteiger partial charge in [-0.15, -0.1) is 0 Å². The van der Waals surface area contributed by atoms with Gasteiger partial charge in [0.25, 0.3) is 0 Å². The Labute approximate surface area is 128 Å². The molecular weight excluding hydrogens is 260 g/mol. The number of ether oxygens (including phenoxy) is 1. The summed E-state index contributed by atoms with van der Waals surface area (Å²) in [6.07, 6.45) is 3.91. The summed E-state index contributed by atoms with van der Waals surface area (Å²) in [4.78, 5) is 2.46. The van der Waals surface area contributed by atoms with E-state index in [1.54, 1.807) is 0 Å². The van der Waals surface area contributed by atoms with E-state index in [1.165, 1.54) is 30.5 Å². The number of hydrogen-bond acceptors (Lipinski definition) is 3. The first-order valence-corrected chi connectivity index (χ1v) is 8.26. The minimum absolute atomic E-state index is 0.508. The van der Waals surface area contributed by atoms with E-state index in [9.17, 15) is 0 Å². The molecule has 0 spiro atoms. The number of rotatable bonds is 4. The molecule has 116 valence electrons. The zero-order chi connectivity index (χ0) is 14.7. The van der Waals surface area contributed by atoms with E-state index in [2.05, 4.69) is 48.3 Å². The average molecular weight is 288 g/mol. The summed E-state index contributed by atoms with van der Waals surface area (Å²) in [5.41, 5.74) is 3.17. The third kappa shape index (κ3) is 4.21. The smallest absolute Gasteiger partial charge is 0.0594 e. The second-order valence-electron chi connectivity index (χ2n) is 7.33. The molecule has 2 fully saturated rings. The molecule has 2 aliphatic rings. The topological polar surface area (TPSA) is 24.5 Å². The molecule has 0 bridgehead atoms. The van der Waals surface area contributed by atoms with Crippen molar-refractivity contribution >= 4 is 5.69 Å². The van der Waals surface area contributed by atoms with Gasteiger partial charge in [0.05, 0.1) is 13.2 Å². The Kier molecular flexibility index (Phi) is 4.51. The Morgan fingerprint density at radius 1 is 1.19 bits per heavy atom. The Morgan fingerprint density at radius 3 is 2.52 bits per heavy atom. The minimum Gasteiger partial charge on any atom is -0.382 e. The van der Waals surface area contributed by atoms with E-state index >= 15 is 0 Å². The molecule has 1 saturated heterocycles. The van der Waals surface area contributed by atoms with Crippen molar-refractivity contribution in [3.05, 3.63) is 29.8 Å². The Morgan fingerprint density at radius 2 is 1.90 bits per heavy atom. The fourth-order valence-electron chi connectivity index (χ4n) is 3.52. The lowest BCUT2D eigenvalue weighted by molar-refractivity contribution is 0.0342. The molecule has 0 radical (unpaired) electrons. The number of benzene rings is 1. The van der Waals surface area contributed by atoms with Gasteiger partial charge in [-0.25, -0.2) is 0 Å². The molecule has 1 aromatic rings. The maximum absolute atomic E-state index is 5.40. The quantitative estimate of drug-likeness (QED) is 0.917. The Bertz CT molecular complexity index is 449. The second-order valence-corrected chi connectivity index (χ2v) is 7.33. The summed E-state index contributed by atoms with van der Waals surface area (Å²) in [5.74, 6) is 0. The summed E-state index contributed by atoms with van der Waals surface area (Å²) >= 11 is 0. The standard InChI is InChI=1S/C18H28N2O/c1-18(2)8-7-17(13-18)19-16-5-3-15(4-6-16)14-20-9-11-21-12-10-20/h3-6,17,19H,7-14H2,1-2H3. The fourth-order valence-corrected chi connectivity index (χ4v) is 3.52. The SMILES string of the molecule is CC1(C)CCC(Nc2ccc(CN3CCOCC3)cc2)C1. The van der Waals surface area contributed by atoms with Crippen LogP contribution in [0.25, 0.3) is 0 Å². The van der Waals surface area contributed by atoms with E-state index in [0.29, 0.717) is 11.5 Å². The van der Waals surface area contributed by atoms with Crippen molar-refractivity contribution in [2.75, 3.05) is 31.6 Å². The predicted molar refractivity (Wildman–Crippen MR) is 87.6 cm³/mol. The summed E-state index contributed by atoms with van der Waals surface area (Å²) in [5, 5.41) is 3.69. The van der Waals surface area contributed by atoms with Crippen LogP contribution in [-0.4, -0.2) is 37.2 Å². The molecule has 0 aromatic heterocycles. The van der Waals surface area contributed by atoms with Crippen LogP contribution in [0.15, 0.2) is 24.3 Å². The maximum Gasteiger partial charge on any atom is 0.0594 e. The average Bonchev–Trinajstić information content (AvgIpc) is 2.81. The van der Waals surface area contributed by atoms with Gasteiger partial charge >= 0.3 is 0 Å². The molecule has 3 heteroatoms. The number of nitrogens with one attached hydrogen (secondary N) is 1. The first-order valence-electron chi connectivity index (χ1n) is 8.26. The predicted octanol–water partition coefficient (Wildman–Crippen LogP) is 3.51. The minimum atomic E-state index is 0.508. The van der Waals surface area contributed by atoms with Crippen LogP contribution in [0, 0.1) is 5.41 Å². The molecule has 3 rings (SSSR count). The molecule has 1 N–H and O–H groups in total. The van der Waals surface area contributed by atoms with Gasteiger partial charge < -0.3 is 10.1 Å². The molecule has 3 nitrogen and oxygen atoms in total. The lowest BCUT2D eigenvalue weighted by Crippen LogP contribution is -2.35. The van der Waals surface area contributed by atoms with Gasteiger partial charge in [-0.3, -0.25) is 4.90 Å². The van der Waals surface area contributed by atoms with Crippen LogP contribution in [0.4, 0.5) is 5.69 Å². The first-order chi connectivity index (χ1) is 10.1. The highest BCUT2D eigenvalue weighted by atomic mass is 16.5. The molecule has 1 saturated carbocycles. The van der Waals surface area contributed by atoms with E-state index in [4.69, 9.17) is 4.74 Å². The molecule has 1 atom stereocenters. The van der Waals surface area contributed by atoms with Crippen molar-refractivity contribution in [3.8, 4) is 0 Å². The van der Waals surface area contributed by atoms with Crippen LogP contribution in [0.5, 0.6) is 0 Å². The van der Waals surface area contributed by atoms with E-state index < -0.39 is 0 Å². The lowest BCUT2D eigenvalue weighted by Gasteiger charge is -2.26. The van der Waals surface area contributed by atoms with Crippen molar-refractivity contribution in [3.63, 3.8) is 0 Å². The summed E-state index contributed by atoms with van der Waals surface area (Å²) in [6.45, 7) is 9.64. The van der Waals surface area contributed by atoms with Crippen molar-refractivity contribution in [1.82, 2.24) is 4.90 Å². The number of hydrogen-bond donors (Lipinski definition) is 1. The molecule has 1 heterocycles. The number of nitrogens with zero attached hydrogens (tertiary/aromatic N) is 1. The summed E-state index contributed by atoms with van der Waals surface area (Å²) < 4.78 is 5.40. The van der Waals surface area contributed by atoms with E-state index in [-0.39, 0.29) is 0 Å². The molecule has 1 aliphatic heterocycles. The zero-order valence-electron chi connectivity index (χ0n) is 13.4. The lowest BCUT2D eigenvalue weighted by atomic mass is 9.92. The highest BCUT2D eigenvalue weighted by Gasteiger charge is 2.30. The van der Waals surface area contributed by atoms with Crippen molar-refractivity contribution in [2.45, 2.75) is 45.7 Å². The largest absolute Gasteiger partial charge is 0.382 e. The van der Waals surface area contributed by atoms with Crippen molar-refractivity contribution in [1.29, 1.82) is 0 Å². The molecule has 1 unspecified atom stereocenters. The first kappa shape index (κ1) is 14.9. The second kappa shape index (κ2) is 6.37. The van der Waals surface area contributed by atoms with Crippen LogP contribution >= 0.6 is 0 Å². The third-order valence-corrected chi connectivity index (χ3v) is 4.80. The van der Waals surface area contributed by atoms with Crippen LogP contribution in [-0.2, 0) is 11.3 Å². The van der Waals surface area contributed by atoms with Gasteiger partial charge in [-0.1, -0.05) is 26.0 Å². The van der Waals surface area contributed by atoms with Crippen LogP contribution in [0.3, 0.4) is 0 Å². The maximum atomic E-state index is 5.40. The van der Waals surface area contributed by atoms with Gasteiger partial charge in [0.2, 0.25) is 0 Å². The Hall–Kier alpha value is -1.06. The number of morpholine rings is 1. The van der Waals surface area contributed by atoms with Crippen LogP contribution in [0.1, 0.15) is 38.7 Å². The molecule has 1 aromatic carbocycles. The molecule has 21 heavy (non-hydrogen) atoms. The van der Waals surface area contributed by atoms with E-state index in [0.717, 1.165) is 32.8 Å². The van der Waals surface area contributed by atoms with Crippen molar-refractivity contribution in [2.24, 2.45) is 5.41 Å². The fraction of sp³-hybridized carbons (Fsp3) is 0.667.